The summed E-state index contributed by atoms with van der Waals surface area (Å²) in [7, 11) is 0. The zero-order valence-electron chi connectivity index (χ0n) is 9.66. The van der Waals surface area contributed by atoms with Gasteiger partial charge >= 0.3 is 0 Å². The maximum absolute atomic E-state index is 11.5. The minimum atomic E-state index is -1.16. The maximum Gasteiger partial charge on any atom is 0.296 e. The largest absolute Gasteiger partial charge is 0.454 e. The van der Waals surface area contributed by atoms with Crippen LogP contribution in [0, 0.1) is 10.1 Å². The van der Waals surface area contributed by atoms with Gasteiger partial charge in [-0.3, -0.25) is 14.9 Å². The highest BCUT2D eigenvalue weighted by Crippen LogP contribution is 2.40. The molecule has 0 radical (unpaired) electrons. The van der Waals surface area contributed by atoms with E-state index in [2.05, 4.69) is 5.32 Å². The molecule has 2 rings (SSSR count). The van der Waals surface area contributed by atoms with Crippen LogP contribution >= 0.6 is 0 Å². The standard InChI is InChI=1S/C10H11N3O6/c11-5(3-14)10(15)12-6-1-8-9(19-4-18-8)2-7(6)13(16)17/h1-2,5,14H,3-4,11H2,(H,12,15). The summed E-state index contributed by atoms with van der Waals surface area (Å²) in [6, 6.07) is 1.27. The highest BCUT2D eigenvalue weighted by molar-refractivity contribution is 5.97. The number of nitrogens with one attached hydrogen (secondary N) is 1. The monoisotopic (exact) mass is 269 g/mol. The highest BCUT2D eigenvalue weighted by atomic mass is 16.7. The second-order valence-corrected chi connectivity index (χ2v) is 3.76. The number of nitrogens with two attached hydrogens (primary N) is 1. The molecule has 1 aromatic carbocycles. The van der Waals surface area contributed by atoms with Gasteiger partial charge in [-0.15, -0.1) is 0 Å². The number of aliphatic hydroxyl groups is 1. The van der Waals surface area contributed by atoms with E-state index in [4.69, 9.17) is 20.3 Å². The highest BCUT2D eigenvalue weighted by Gasteiger charge is 2.25. The zero-order valence-corrected chi connectivity index (χ0v) is 9.66. The van der Waals surface area contributed by atoms with Crippen LogP contribution in [0.3, 0.4) is 0 Å². The van der Waals surface area contributed by atoms with Gasteiger partial charge in [0.15, 0.2) is 11.5 Å². The molecule has 0 bridgehead atoms. The lowest BCUT2D eigenvalue weighted by Gasteiger charge is -2.10. The molecule has 1 amide bonds. The topological polar surface area (TPSA) is 137 Å². The Labute approximate surface area is 107 Å². The Morgan fingerprint density at radius 3 is 2.74 bits per heavy atom. The summed E-state index contributed by atoms with van der Waals surface area (Å²) < 4.78 is 10.1. The maximum atomic E-state index is 11.5. The van der Waals surface area contributed by atoms with E-state index in [1.807, 2.05) is 0 Å². The van der Waals surface area contributed by atoms with Gasteiger partial charge in [0.05, 0.1) is 17.6 Å². The number of carbonyl (C=O) groups excluding carboxylic acids is 1. The van der Waals surface area contributed by atoms with Crippen molar-refractivity contribution in [3.63, 3.8) is 0 Å². The van der Waals surface area contributed by atoms with E-state index in [0.717, 1.165) is 6.07 Å². The van der Waals surface area contributed by atoms with E-state index in [9.17, 15) is 14.9 Å². The summed E-state index contributed by atoms with van der Waals surface area (Å²) >= 11 is 0. The van der Waals surface area contributed by atoms with Crippen molar-refractivity contribution in [1.29, 1.82) is 0 Å². The number of fused-ring (bicyclic) bond motifs is 1. The molecule has 0 spiro atoms. The Balaban J connectivity index is 2.33. The first-order chi connectivity index (χ1) is 9.02. The van der Waals surface area contributed by atoms with Gasteiger partial charge in [0.2, 0.25) is 12.7 Å². The van der Waals surface area contributed by atoms with Gasteiger partial charge in [0, 0.05) is 6.07 Å². The van der Waals surface area contributed by atoms with Crippen molar-refractivity contribution >= 4 is 17.3 Å². The minimum Gasteiger partial charge on any atom is -0.454 e. The normalized spacial score (nSPS) is 14.0. The van der Waals surface area contributed by atoms with Crippen LogP contribution in [-0.4, -0.2) is 35.4 Å². The number of anilines is 1. The molecule has 1 aromatic rings. The molecular weight excluding hydrogens is 258 g/mol. The molecule has 0 fully saturated rings. The molecule has 1 aliphatic heterocycles. The van der Waals surface area contributed by atoms with Gasteiger partial charge < -0.3 is 25.6 Å². The predicted molar refractivity (Wildman–Crippen MR) is 62.9 cm³/mol. The Hall–Kier alpha value is -2.39. The first kappa shape index (κ1) is 13.1. The molecule has 9 nitrogen and oxygen atoms in total. The van der Waals surface area contributed by atoms with E-state index >= 15 is 0 Å². The smallest absolute Gasteiger partial charge is 0.296 e. The van der Waals surface area contributed by atoms with Crippen LogP contribution in [0.1, 0.15) is 0 Å². The third-order valence-electron chi connectivity index (χ3n) is 2.48. The Morgan fingerprint density at radius 1 is 1.53 bits per heavy atom. The average molecular weight is 269 g/mol. The molecule has 0 saturated carbocycles. The van der Waals surface area contributed by atoms with Crippen molar-refractivity contribution < 1.29 is 24.3 Å². The average Bonchev–Trinajstić information content (AvgIpc) is 2.83. The number of ether oxygens (including phenoxy) is 2. The van der Waals surface area contributed by atoms with Crippen LogP contribution in [-0.2, 0) is 4.79 Å². The number of hydrogen-bond donors (Lipinski definition) is 3. The molecule has 4 N–H and O–H groups in total. The van der Waals surface area contributed by atoms with Gasteiger partial charge in [-0.25, -0.2) is 0 Å². The Bertz CT molecular complexity index is 532. The van der Waals surface area contributed by atoms with Crippen LogP contribution in [0.5, 0.6) is 11.5 Å². The first-order valence-corrected chi connectivity index (χ1v) is 5.28. The summed E-state index contributed by atoms with van der Waals surface area (Å²) in [5, 5.41) is 21.9. The number of nitro groups is 1. The summed E-state index contributed by atoms with van der Waals surface area (Å²) in [5.41, 5.74) is 4.90. The number of benzene rings is 1. The molecule has 1 atom stereocenters. The predicted octanol–water partition coefficient (Wildman–Crippen LogP) is -0.418. The number of aliphatic hydroxyl groups excluding tert-OH is 1. The number of nitrogens with zero attached hydrogens (tertiary/aromatic N) is 1. The van der Waals surface area contributed by atoms with Crippen LogP contribution < -0.4 is 20.5 Å². The molecule has 0 aromatic heterocycles. The molecular formula is C10H11N3O6. The lowest BCUT2D eigenvalue weighted by Crippen LogP contribution is -2.38. The number of amides is 1. The van der Waals surface area contributed by atoms with Crippen molar-refractivity contribution in [2.75, 3.05) is 18.7 Å². The van der Waals surface area contributed by atoms with Crippen molar-refractivity contribution in [3.8, 4) is 11.5 Å². The molecule has 0 saturated heterocycles. The number of hydrogen-bond acceptors (Lipinski definition) is 7. The summed E-state index contributed by atoms with van der Waals surface area (Å²) in [6.07, 6.45) is 0. The van der Waals surface area contributed by atoms with E-state index in [-0.39, 0.29) is 23.9 Å². The van der Waals surface area contributed by atoms with Crippen LogP contribution in [0.25, 0.3) is 0 Å². The van der Waals surface area contributed by atoms with Gasteiger partial charge in [0.1, 0.15) is 11.7 Å². The van der Waals surface area contributed by atoms with Crippen molar-refractivity contribution in [1.82, 2.24) is 0 Å². The second-order valence-electron chi connectivity index (χ2n) is 3.76. The molecule has 102 valence electrons. The van der Waals surface area contributed by atoms with E-state index in [1.54, 1.807) is 0 Å². The quantitative estimate of drug-likeness (QED) is 0.498. The summed E-state index contributed by atoms with van der Waals surface area (Å²) in [6.45, 7) is -0.607. The number of nitro benzene ring substituents is 1. The van der Waals surface area contributed by atoms with Crippen molar-refractivity contribution in [3.05, 3.63) is 22.2 Å². The number of rotatable bonds is 4. The SMILES string of the molecule is NC(CO)C(=O)Nc1cc2c(cc1[N+](=O)[O-])OCO2. The first-order valence-electron chi connectivity index (χ1n) is 5.28. The van der Waals surface area contributed by atoms with Crippen LogP contribution in [0.4, 0.5) is 11.4 Å². The molecule has 19 heavy (non-hydrogen) atoms. The van der Waals surface area contributed by atoms with Crippen LogP contribution in [0.2, 0.25) is 0 Å². The molecule has 1 heterocycles. The molecule has 9 heteroatoms. The van der Waals surface area contributed by atoms with Gasteiger partial charge in [-0.1, -0.05) is 0 Å². The van der Waals surface area contributed by atoms with Crippen molar-refractivity contribution in [2.45, 2.75) is 6.04 Å². The lowest BCUT2D eigenvalue weighted by atomic mass is 10.2. The zero-order chi connectivity index (χ0) is 14.0. The minimum absolute atomic E-state index is 0.0416. The van der Waals surface area contributed by atoms with Gasteiger partial charge in [-0.05, 0) is 0 Å². The second kappa shape index (κ2) is 5.08. The molecule has 1 unspecified atom stereocenters. The summed E-state index contributed by atoms with van der Waals surface area (Å²) in [5.74, 6) is -0.209. The number of carbonyl (C=O) groups is 1. The van der Waals surface area contributed by atoms with E-state index < -0.39 is 23.5 Å². The molecule has 1 aliphatic rings. The van der Waals surface area contributed by atoms with E-state index in [0.29, 0.717) is 5.75 Å². The third-order valence-corrected chi connectivity index (χ3v) is 2.48. The van der Waals surface area contributed by atoms with Gasteiger partial charge in [0.25, 0.3) is 5.69 Å². The van der Waals surface area contributed by atoms with Crippen LogP contribution in [0.15, 0.2) is 12.1 Å². The third kappa shape index (κ3) is 2.56. The van der Waals surface area contributed by atoms with Crippen molar-refractivity contribution in [2.24, 2.45) is 5.73 Å². The fourth-order valence-electron chi connectivity index (χ4n) is 1.49. The van der Waals surface area contributed by atoms with Gasteiger partial charge in [-0.2, -0.15) is 0 Å². The Kier molecular flexibility index (Phi) is 3.49. The fourth-order valence-corrected chi connectivity index (χ4v) is 1.49. The molecule has 0 aliphatic carbocycles. The van der Waals surface area contributed by atoms with E-state index in [1.165, 1.54) is 6.07 Å². The lowest BCUT2D eigenvalue weighted by molar-refractivity contribution is -0.384. The Morgan fingerprint density at radius 2 is 2.16 bits per heavy atom. The fraction of sp³-hybridized carbons (Fsp3) is 0.300. The summed E-state index contributed by atoms with van der Waals surface area (Å²) in [4.78, 5) is 21.8.